The summed E-state index contributed by atoms with van der Waals surface area (Å²) < 4.78 is 7.79. The largest absolute Gasteiger partial charge is 0.371 e. The molecule has 2 aliphatic rings. The van der Waals surface area contributed by atoms with Crippen LogP contribution in [-0.4, -0.2) is 52.4 Å². The minimum Gasteiger partial charge on any atom is -0.371 e. The SMILES string of the molecule is Cc1c(C(=O)N[C@@H]2C[C@H]3CO[C@@H](c4ccc(Cl)cc4)CN3C2)cnn1C. The quantitative estimate of drug-likeness (QED) is 0.895. The van der Waals surface area contributed by atoms with Gasteiger partial charge < -0.3 is 10.1 Å². The number of morpholine rings is 1. The summed E-state index contributed by atoms with van der Waals surface area (Å²) >= 11 is 5.97. The lowest BCUT2D eigenvalue weighted by molar-refractivity contribution is -0.0502. The van der Waals surface area contributed by atoms with Crippen molar-refractivity contribution >= 4 is 17.5 Å². The lowest BCUT2D eigenvalue weighted by Crippen LogP contribution is -2.43. The third-order valence-electron chi connectivity index (χ3n) is 5.47. The number of aromatic nitrogens is 2. The summed E-state index contributed by atoms with van der Waals surface area (Å²) in [6.45, 7) is 4.28. The highest BCUT2D eigenvalue weighted by Crippen LogP contribution is 2.31. The molecule has 6 nitrogen and oxygen atoms in total. The third-order valence-corrected chi connectivity index (χ3v) is 5.73. The van der Waals surface area contributed by atoms with E-state index in [1.807, 2.05) is 38.2 Å². The van der Waals surface area contributed by atoms with E-state index >= 15 is 0 Å². The number of fused-ring (bicyclic) bond motifs is 1. The number of nitrogens with zero attached hydrogens (tertiary/aromatic N) is 3. The van der Waals surface area contributed by atoms with Crippen molar-refractivity contribution in [1.82, 2.24) is 20.0 Å². The average Bonchev–Trinajstić information content (AvgIpc) is 3.18. The predicted molar refractivity (Wildman–Crippen MR) is 99.3 cm³/mol. The fraction of sp³-hybridized carbons (Fsp3) is 0.474. The molecule has 1 aromatic carbocycles. The van der Waals surface area contributed by atoms with Gasteiger partial charge in [-0.15, -0.1) is 0 Å². The lowest BCUT2D eigenvalue weighted by atomic mass is 10.1. The molecular formula is C19H23ClN4O2. The van der Waals surface area contributed by atoms with Crippen LogP contribution in [0.1, 0.15) is 34.1 Å². The van der Waals surface area contributed by atoms with Gasteiger partial charge in [-0.1, -0.05) is 23.7 Å². The van der Waals surface area contributed by atoms with Gasteiger partial charge in [-0.3, -0.25) is 14.4 Å². The van der Waals surface area contributed by atoms with Crippen LogP contribution in [0.3, 0.4) is 0 Å². The van der Waals surface area contributed by atoms with Crippen molar-refractivity contribution in [3.8, 4) is 0 Å². The van der Waals surface area contributed by atoms with Crippen LogP contribution in [0, 0.1) is 6.92 Å². The molecule has 7 heteroatoms. The summed E-state index contributed by atoms with van der Waals surface area (Å²) in [7, 11) is 1.84. The summed E-state index contributed by atoms with van der Waals surface area (Å²) in [5.74, 6) is -0.0457. The molecule has 138 valence electrons. The molecule has 0 bridgehead atoms. The Labute approximate surface area is 158 Å². The van der Waals surface area contributed by atoms with Crippen LogP contribution in [0.15, 0.2) is 30.5 Å². The number of rotatable bonds is 3. The van der Waals surface area contributed by atoms with Crippen LogP contribution in [0.25, 0.3) is 0 Å². The number of ether oxygens (including phenoxy) is 1. The second-order valence-corrected chi connectivity index (χ2v) is 7.59. The van der Waals surface area contributed by atoms with Gasteiger partial charge in [0.05, 0.1) is 24.5 Å². The Hall–Kier alpha value is -1.89. The molecule has 3 heterocycles. The standard InChI is InChI=1S/C19H23ClN4O2/c1-12-17(8-21-23(12)2)19(25)22-15-7-16-11-26-18(10-24(16)9-15)13-3-5-14(20)6-4-13/h3-6,8,15-16,18H,7,9-11H2,1-2H3,(H,22,25)/t15-,16+,18-/m1/s1. The predicted octanol–water partition coefficient (Wildman–Crippen LogP) is 2.33. The normalized spacial score (nSPS) is 25.9. The zero-order chi connectivity index (χ0) is 18.3. The summed E-state index contributed by atoms with van der Waals surface area (Å²) in [6.07, 6.45) is 2.60. The molecule has 1 N–H and O–H groups in total. The number of aryl methyl sites for hydroxylation is 1. The van der Waals surface area contributed by atoms with Crippen molar-refractivity contribution in [3.05, 3.63) is 52.3 Å². The number of hydrogen-bond donors (Lipinski definition) is 1. The van der Waals surface area contributed by atoms with E-state index in [1.54, 1.807) is 10.9 Å². The van der Waals surface area contributed by atoms with E-state index in [9.17, 15) is 4.79 Å². The van der Waals surface area contributed by atoms with Gasteiger partial charge in [-0.2, -0.15) is 5.10 Å². The summed E-state index contributed by atoms with van der Waals surface area (Å²) in [4.78, 5) is 15.0. The number of amides is 1. The molecule has 2 fully saturated rings. The van der Waals surface area contributed by atoms with E-state index in [1.165, 1.54) is 0 Å². The highest BCUT2D eigenvalue weighted by Gasteiger charge is 2.38. The van der Waals surface area contributed by atoms with E-state index in [-0.39, 0.29) is 18.1 Å². The number of halogens is 1. The first-order valence-electron chi connectivity index (χ1n) is 8.92. The number of benzene rings is 1. The first-order valence-corrected chi connectivity index (χ1v) is 9.29. The van der Waals surface area contributed by atoms with Gasteiger partial charge in [-0.25, -0.2) is 0 Å². The highest BCUT2D eigenvalue weighted by atomic mass is 35.5. The van der Waals surface area contributed by atoms with Crippen LogP contribution < -0.4 is 5.32 Å². The maximum absolute atomic E-state index is 12.5. The Balaban J connectivity index is 1.38. The van der Waals surface area contributed by atoms with Crippen LogP contribution in [-0.2, 0) is 11.8 Å². The Morgan fingerprint density at radius 2 is 2.08 bits per heavy atom. The van der Waals surface area contributed by atoms with E-state index in [2.05, 4.69) is 15.3 Å². The Morgan fingerprint density at radius 1 is 1.31 bits per heavy atom. The zero-order valence-corrected chi connectivity index (χ0v) is 15.7. The van der Waals surface area contributed by atoms with E-state index in [0.29, 0.717) is 18.2 Å². The van der Waals surface area contributed by atoms with Crippen LogP contribution in [0.5, 0.6) is 0 Å². The van der Waals surface area contributed by atoms with Crippen molar-refractivity contribution in [2.45, 2.75) is 31.5 Å². The van der Waals surface area contributed by atoms with Gasteiger partial charge in [0, 0.05) is 42.9 Å². The summed E-state index contributed by atoms with van der Waals surface area (Å²) in [6, 6.07) is 8.34. The fourth-order valence-electron chi connectivity index (χ4n) is 3.84. The van der Waals surface area contributed by atoms with Crippen LogP contribution >= 0.6 is 11.6 Å². The number of carbonyl (C=O) groups excluding carboxylic acids is 1. The molecule has 4 rings (SSSR count). The zero-order valence-electron chi connectivity index (χ0n) is 15.0. The van der Waals surface area contributed by atoms with Crippen molar-refractivity contribution in [2.75, 3.05) is 19.7 Å². The molecular weight excluding hydrogens is 352 g/mol. The lowest BCUT2D eigenvalue weighted by Gasteiger charge is -2.35. The maximum Gasteiger partial charge on any atom is 0.255 e. The maximum atomic E-state index is 12.5. The van der Waals surface area contributed by atoms with E-state index in [0.717, 1.165) is 35.8 Å². The monoisotopic (exact) mass is 374 g/mol. The highest BCUT2D eigenvalue weighted by molar-refractivity contribution is 6.30. The van der Waals surface area contributed by atoms with Gasteiger partial charge in [-0.05, 0) is 31.0 Å². The molecule has 1 aromatic heterocycles. The minimum atomic E-state index is -0.0457. The Bertz CT molecular complexity index is 804. The average molecular weight is 375 g/mol. The van der Waals surface area contributed by atoms with Gasteiger partial charge in [0.15, 0.2) is 0 Å². The summed E-state index contributed by atoms with van der Waals surface area (Å²) in [5.41, 5.74) is 2.67. The van der Waals surface area contributed by atoms with Gasteiger partial charge in [0.1, 0.15) is 0 Å². The topological polar surface area (TPSA) is 59.4 Å². The molecule has 2 aliphatic heterocycles. The Kier molecular flexibility index (Phi) is 4.73. The number of nitrogens with one attached hydrogen (secondary N) is 1. The smallest absolute Gasteiger partial charge is 0.255 e. The summed E-state index contributed by atoms with van der Waals surface area (Å²) in [5, 5.41) is 8.04. The minimum absolute atomic E-state index is 0.0457. The molecule has 0 spiro atoms. The van der Waals surface area contributed by atoms with Crippen LogP contribution in [0.2, 0.25) is 5.02 Å². The Morgan fingerprint density at radius 3 is 2.77 bits per heavy atom. The molecule has 0 saturated carbocycles. The second-order valence-electron chi connectivity index (χ2n) is 7.15. The van der Waals surface area contributed by atoms with Crippen LogP contribution in [0.4, 0.5) is 0 Å². The molecule has 0 aliphatic carbocycles. The number of hydrogen-bond acceptors (Lipinski definition) is 4. The van der Waals surface area contributed by atoms with Gasteiger partial charge >= 0.3 is 0 Å². The number of carbonyl (C=O) groups is 1. The van der Waals surface area contributed by atoms with Crippen molar-refractivity contribution in [3.63, 3.8) is 0 Å². The third kappa shape index (κ3) is 3.37. The van der Waals surface area contributed by atoms with Crippen molar-refractivity contribution in [2.24, 2.45) is 7.05 Å². The fourth-order valence-corrected chi connectivity index (χ4v) is 3.97. The van der Waals surface area contributed by atoms with E-state index < -0.39 is 0 Å². The molecule has 2 saturated heterocycles. The molecule has 2 aromatic rings. The van der Waals surface area contributed by atoms with E-state index in [4.69, 9.17) is 16.3 Å². The molecule has 1 amide bonds. The first kappa shape index (κ1) is 17.5. The molecule has 26 heavy (non-hydrogen) atoms. The molecule has 0 unspecified atom stereocenters. The molecule has 0 radical (unpaired) electrons. The second kappa shape index (κ2) is 7.02. The van der Waals surface area contributed by atoms with Crippen molar-refractivity contribution < 1.29 is 9.53 Å². The first-order chi connectivity index (χ1) is 12.5. The van der Waals surface area contributed by atoms with Gasteiger partial charge in [0.2, 0.25) is 0 Å². The molecule has 3 atom stereocenters. The van der Waals surface area contributed by atoms with Gasteiger partial charge in [0.25, 0.3) is 5.91 Å². The van der Waals surface area contributed by atoms with Crippen molar-refractivity contribution in [1.29, 1.82) is 0 Å².